The first-order valence-corrected chi connectivity index (χ1v) is 5.06. The molecule has 0 bridgehead atoms. The second-order valence-electron chi connectivity index (χ2n) is 1.96. The molecule has 0 fully saturated rings. The quantitative estimate of drug-likeness (QED) is 0.550. The van der Waals surface area contributed by atoms with Gasteiger partial charge in [0.2, 0.25) is 0 Å². The van der Waals surface area contributed by atoms with E-state index in [1.165, 1.54) is 0 Å². The standard InChI is InChI=1S/C9H12OSe/c1-3-11-9-7-5-4-6-8(9)10-2/h4-7H,3H2,1-2H3/i3+1DH/t3-/m0/s1. The Morgan fingerprint density at radius 3 is 3.09 bits per heavy atom. The summed E-state index contributed by atoms with van der Waals surface area (Å²) in [5.41, 5.74) is 0. The molecule has 0 amide bonds. The predicted molar refractivity (Wildman–Crippen MR) is 48.9 cm³/mol. The Bertz CT molecular complexity index is 283. The van der Waals surface area contributed by atoms with Crippen molar-refractivity contribution >= 4 is 19.4 Å². The molecule has 0 saturated heterocycles. The number of ether oxygens (including phenoxy) is 1. The fourth-order valence-corrected chi connectivity index (χ4v) is 2.11. The van der Waals surface area contributed by atoms with Crippen molar-refractivity contribution in [2.45, 2.75) is 12.2 Å². The zero-order valence-corrected chi connectivity index (χ0v) is 8.34. The van der Waals surface area contributed by atoms with Gasteiger partial charge in [-0.3, -0.25) is 0 Å². The molecule has 0 aliphatic heterocycles. The summed E-state index contributed by atoms with van der Waals surface area (Å²) in [6.07, 6.45) is 0. The molecule has 0 aliphatic carbocycles. The summed E-state index contributed by atoms with van der Waals surface area (Å²) in [5, 5.41) is -1.12. The number of benzene rings is 1. The van der Waals surface area contributed by atoms with Crippen molar-refractivity contribution in [1.82, 2.24) is 0 Å². The first-order valence-electron chi connectivity index (χ1n) is 4.35. The summed E-state index contributed by atoms with van der Waals surface area (Å²) in [5.74, 6) is 0.785. The fraction of sp³-hybridized carbons (Fsp3) is 0.333. The van der Waals surface area contributed by atoms with E-state index < -0.39 is 5.27 Å². The summed E-state index contributed by atoms with van der Waals surface area (Å²) in [6.45, 7) is 1.60. The van der Waals surface area contributed by atoms with E-state index in [0.717, 1.165) is 10.2 Å². The van der Waals surface area contributed by atoms with Crippen molar-refractivity contribution in [2.24, 2.45) is 0 Å². The van der Waals surface area contributed by atoms with Gasteiger partial charge in [0.15, 0.2) is 0 Å². The summed E-state index contributed by atoms with van der Waals surface area (Å²) >= 11 is -0.195. The van der Waals surface area contributed by atoms with E-state index in [2.05, 4.69) is 0 Å². The van der Waals surface area contributed by atoms with Crippen LogP contribution in [0.3, 0.4) is 0 Å². The molecule has 11 heavy (non-hydrogen) atoms. The first-order chi connectivity index (χ1) is 6.03. The maximum absolute atomic E-state index is 7.48. The van der Waals surface area contributed by atoms with Gasteiger partial charge in [-0.15, -0.1) is 0 Å². The number of methoxy groups -OCH3 is 1. The summed E-state index contributed by atoms with van der Waals surface area (Å²) in [4.78, 5) is 0. The van der Waals surface area contributed by atoms with Crippen LogP contribution in [0.15, 0.2) is 24.3 Å². The van der Waals surface area contributed by atoms with Crippen LogP contribution in [-0.4, -0.2) is 22.1 Å². The summed E-state index contributed by atoms with van der Waals surface area (Å²) in [7, 11) is 1.61. The zero-order valence-electron chi connectivity index (χ0n) is 8.63. The van der Waals surface area contributed by atoms with Gasteiger partial charge >= 0.3 is 76.2 Å². The number of para-hydroxylation sites is 1. The van der Waals surface area contributed by atoms with E-state index in [1.54, 1.807) is 14.0 Å². The van der Waals surface area contributed by atoms with Gasteiger partial charge in [-0.2, -0.15) is 0 Å². The summed E-state index contributed by atoms with van der Waals surface area (Å²) < 4.78 is 21.1. The first kappa shape index (κ1) is 6.10. The van der Waals surface area contributed by atoms with Gasteiger partial charge in [-0.1, -0.05) is 0 Å². The molecule has 2 heteroatoms. The zero-order chi connectivity index (χ0) is 9.90. The van der Waals surface area contributed by atoms with Gasteiger partial charge < -0.3 is 0 Å². The van der Waals surface area contributed by atoms with Gasteiger partial charge in [0.1, 0.15) is 0 Å². The van der Waals surface area contributed by atoms with Crippen molar-refractivity contribution in [1.29, 1.82) is 0 Å². The number of hydrogen-bond donors (Lipinski definition) is 0. The van der Waals surface area contributed by atoms with Gasteiger partial charge in [0.25, 0.3) is 0 Å². The van der Waals surface area contributed by atoms with E-state index in [1.807, 2.05) is 24.3 Å². The number of hydrogen-bond acceptors (Lipinski definition) is 1. The average Bonchev–Trinajstić information content (AvgIpc) is 2.02. The molecular formula is C9H12OSe. The third kappa shape index (κ3) is 2.25. The van der Waals surface area contributed by atoms with E-state index in [4.69, 9.17) is 7.48 Å². The van der Waals surface area contributed by atoms with Crippen LogP contribution in [0.5, 0.6) is 5.75 Å². The Morgan fingerprint density at radius 1 is 1.73 bits per heavy atom. The monoisotopic (exact) mass is 218 g/mol. The Morgan fingerprint density at radius 2 is 2.45 bits per heavy atom. The van der Waals surface area contributed by atoms with E-state index in [9.17, 15) is 0 Å². The Kier molecular flexibility index (Phi) is 2.45. The van der Waals surface area contributed by atoms with Crippen LogP contribution in [0.4, 0.5) is 0 Å². The fourth-order valence-electron chi connectivity index (χ4n) is 0.813. The molecule has 1 rings (SSSR count). The second kappa shape index (κ2) is 4.42. The molecule has 0 radical (unpaired) electrons. The molecule has 60 valence electrons. The van der Waals surface area contributed by atoms with Crippen LogP contribution in [0.1, 0.15) is 9.67 Å². The van der Waals surface area contributed by atoms with Gasteiger partial charge in [-0.05, 0) is 0 Å². The van der Waals surface area contributed by atoms with Gasteiger partial charge in [0, 0.05) is 0 Å². The van der Waals surface area contributed by atoms with Crippen LogP contribution < -0.4 is 9.20 Å². The molecule has 1 atom stereocenters. The molecule has 1 nitrogen and oxygen atoms in total. The maximum atomic E-state index is 7.48. The molecular weight excluding hydrogens is 204 g/mol. The third-order valence-corrected chi connectivity index (χ3v) is 2.88. The van der Waals surface area contributed by atoms with E-state index in [0.29, 0.717) is 0 Å². The van der Waals surface area contributed by atoms with Crippen molar-refractivity contribution in [3.05, 3.63) is 24.3 Å². The Labute approximate surface area is 76.7 Å². The van der Waals surface area contributed by atoms with Crippen molar-refractivity contribution in [3.63, 3.8) is 0 Å². The molecule has 1 aromatic rings. The Balaban J connectivity index is 2.87. The number of rotatable bonds is 3. The van der Waals surface area contributed by atoms with E-state index in [-0.39, 0.29) is 15.0 Å². The van der Waals surface area contributed by atoms with Crippen LogP contribution in [0, 0.1) is 0 Å². The minimum absolute atomic E-state index is 0.195. The molecule has 0 N–H and O–H groups in total. The molecule has 0 aromatic heterocycles. The molecule has 0 unspecified atom stereocenters. The van der Waals surface area contributed by atoms with E-state index >= 15 is 0 Å². The minimum atomic E-state index is -1.12. The summed E-state index contributed by atoms with van der Waals surface area (Å²) in [6, 6.07) is 7.58. The predicted octanol–water partition coefficient (Wildman–Crippen LogP) is 1.46. The molecule has 0 aliphatic rings. The van der Waals surface area contributed by atoms with Crippen molar-refractivity contribution in [2.75, 3.05) is 7.11 Å². The van der Waals surface area contributed by atoms with Crippen LogP contribution >= 0.6 is 0 Å². The van der Waals surface area contributed by atoms with Gasteiger partial charge in [-0.25, -0.2) is 0 Å². The topological polar surface area (TPSA) is 9.23 Å². The normalized spacial score (nSPS) is 18.0. The van der Waals surface area contributed by atoms with Crippen molar-refractivity contribution in [3.8, 4) is 5.75 Å². The van der Waals surface area contributed by atoms with Crippen LogP contribution in [-0.2, 0) is 0 Å². The van der Waals surface area contributed by atoms with Crippen LogP contribution in [0.2, 0.25) is 5.27 Å². The second-order valence-corrected chi connectivity index (χ2v) is 4.16. The molecule has 1 aromatic carbocycles. The SMILES string of the molecule is [1H][13C@]([2H])(C)[Se]c1ccccc1OC. The Hall–Kier alpha value is -0.461. The molecule has 0 heterocycles. The third-order valence-electron chi connectivity index (χ3n) is 1.28. The average molecular weight is 217 g/mol. The van der Waals surface area contributed by atoms with Gasteiger partial charge in [0.05, 0.1) is 0 Å². The molecule has 0 spiro atoms. The van der Waals surface area contributed by atoms with Crippen molar-refractivity contribution < 1.29 is 7.48 Å². The molecule has 0 saturated carbocycles. The van der Waals surface area contributed by atoms with Crippen LogP contribution in [0.25, 0.3) is 0 Å².